The summed E-state index contributed by atoms with van der Waals surface area (Å²) in [5.41, 5.74) is 2.37. The molecular formula is C18H18ClN5O3. The molecule has 140 valence electrons. The molecule has 1 aliphatic heterocycles. The third-order valence-electron chi connectivity index (χ3n) is 4.32. The molecule has 27 heavy (non-hydrogen) atoms. The third kappa shape index (κ3) is 3.45. The zero-order valence-corrected chi connectivity index (χ0v) is 15.7. The lowest BCUT2D eigenvalue weighted by Gasteiger charge is -2.27. The smallest absolute Gasteiger partial charge is 0.246 e. The van der Waals surface area contributed by atoms with Crippen LogP contribution in [0.3, 0.4) is 0 Å². The molecule has 3 aromatic heterocycles. The fourth-order valence-electron chi connectivity index (χ4n) is 2.90. The van der Waals surface area contributed by atoms with Crippen molar-refractivity contribution in [3.63, 3.8) is 0 Å². The molecule has 0 spiro atoms. The highest BCUT2D eigenvalue weighted by atomic mass is 35.5. The van der Waals surface area contributed by atoms with E-state index in [9.17, 15) is 4.79 Å². The van der Waals surface area contributed by atoms with Crippen molar-refractivity contribution in [3.05, 3.63) is 29.2 Å². The maximum Gasteiger partial charge on any atom is 0.246 e. The van der Waals surface area contributed by atoms with Crippen molar-refractivity contribution >= 4 is 51.6 Å². The molecule has 4 rings (SSSR count). The number of hydrogen-bond acceptors (Lipinski definition) is 7. The second-order valence-corrected chi connectivity index (χ2v) is 6.72. The number of morpholine rings is 1. The van der Waals surface area contributed by atoms with Gasteiger partial charge in [0.2, 0.25) is 16.9 Å². The van der Waals surface area contributed by atoms with Gasteiger partial charge in [-0.2, -0.15) is 4.98 Å². The van der Waals surface area contributed by atoms with Gasteiger partial charge in [0.25, 0.3) is 0 Å². The number of pyridine rings is 1. The zero-order chi connectivity index (χ0) is 19.0. The number of carbonyl (C=O) groups is 1. The Morgan fingerprint density at radius 1 is 1.30 bits per heavy atom. The lowest BCUT2D eigenvalue weighted by Crippen LogP contribution is -2.36. The number of carbonyl (C=O) groups excluding carboxylic acids is 1. The third-order valence-corrected chi connectivity index (χ3v) is 4.49. The quantitative estimate of drug-likeness (QED) is 0.503. The van der Waals surface area contributed by atoms with Crippen molar-refractivity contribution in [1.82, 2.24) is 19.9 Å². The fourth-order valence-corrected chi connectivity index (χ4v) is 3.07. The minimum Gasteiger partial charge on any atom is -0.432 e. The molecule has 1 aliphatic rings. The van der Waals surface area contributed by atoms with Gasteiger partial charge in [0.1, 0.15) is 5.52 Å². The maximum absolute atomic E-state index is 11.8. The molecule has 1 amide bonds. The molecule has 9 heteroatoms. The Hall–Kier alpha value is -2.71. The minimum absolute atomic E-state index is 0.105. The number of amides is 1. The number of fused-ring (bicyclic) bond motifs is 3. The van der Waals surface area contributed by atoms with Crippen molar-refractivity contribution < 1.29 is 13.9 Å². The van der Waals surface area contributed by atoms with E-state index in [-0.39, 0.29) is 11.2 Å². The number of anilines is 1. The topological polar surface area (TPSA) is 84.6 Å². The normalized spacial score (nSPS) is 15.1. The van der Waals surface area contributed by atoms with Crippen molar-refractivity contribution in [1.29, 1.82) is 0 Å². The number of halogens is 1. The first-order chi connectivity index (χ1) is 13.0. The first-order valence-electron chi connectivity index (χ1n) is 8.51. The first-order valence-corrected chi connectivity index (χ1v) is 8.88. The molecule has 0 unspecified atom stereocenters. The second-order valence-electron chi connectivity index (χ2n) is 6.38. The largest absolute Gasteiger partial charge is 0.432 e. The lowest BCUT2D eigenvalue weighted by atomic mass is 10.2. The highest BCUT2D eigenvalue weighted by molar-refractivity contribution is 6.29. The van der Waals surface area contributed by atoms with E-state index < -0.39 is 0 Å². The van der Waals surface area contributed by atoms with Crippen molar-refractivity contribution in [2.75, 3.05) is 45.3 Å². The Kier molecular flexibility index (Phi) is 4.67. The molecular weight excluding hydrogens is 370 g/mol. The van der Waals surface area contributed by atoms with Crippen LogP contribution in [0.2, 0.25) is 5.28 Å². The molecule has 3 aromatic rings. The summed E-state index contributed by atoms with van der Waals surface area (Å²) in [6.07, 6.45) is 4.85. The summed E-state index contributed by atoms with van der Waals surface area (Å²) in [4.78, 5) is 28.4. The van der Waals surface area contributed by atoms with Crippen LogP contribution in [-0.2, 0) is 9.53 Å². The fraction of sp³-hybridized carbons (Fsp3) is 0.333. The zero-order valence-electron chi connectivity index (χ0n) is 15.0. The minimum atomic E-state index is -0.105. The van der Waals surface area contributed by atoms with E-state index in [0.717, 1.165) is 10.9 Å². The van der Waals surface area contributed by atoms with Crippen LogP contribution in [0.4, 0.5) is 5.82 Å². The van der Waals surface area contributed by atoms with E-state index >= 15 is 0 Å². The predicted octanol–water partition coefficient (Wildman–Crippen LogP) is 2.36. The summed E-state index contributed by atoms with van der Waals surface area (Å²) in [5, 5.41) is 0.874. The van der Waals surface area contributed by atoms with Gasteiger partial charge in [-0.05, 0) is 29.3 Å². The van der Waals surface area contributed by atoms with Crippen LogP contribution in [-0.4, -0.2) is 66.2 Å². The van der Waals surface area contributed by atoms with Gasteiger partial charge < -0.3 is 19.0 Å². The Morgan fingerprint density at radius 3 is 2.81 bits per heavy atom. The summed E-state index contributed by atoms with van der Waals surface area (Å²) in [5.74, 6) is 0.540. The number of hydrogen-bond donors (Lipinski definition) is 0. The van der Waals surface area contributed by atoms with E-state index in [1.165, 1.54) is 11.0 Å². The lowest BCUT2D eigenvalue weighted by molar-refractivity contribution is -0.123. The summed E-state index contributed by atoms with van der Waals surface area (Å²) in [7, 11) is 3.40. The summed E-state index contributed by atoms with van der Waals surface area (Å²) in [6, 6.07) is 1.88. The highest BCUT2D eigenvalue weighted by Crippen LogP contribution is 2.33. The van der Waals surface area contributed by atoms with E-state index in [1.54, 1.807) is 26.4 Å². The molecule has 0 aromatic carbocycles. The van der Waals surface area contributed by atoms with Crippen LogP contribution < -0.4 is 4.90 Å². The van der Waals surface area contributed by atoms with E-state index in [1.807, 2.05) is 6.07 Å². The number of aromatic nitrogens is 3. The van der Waals surface area contributed by atoms with E-state index in [0.29, 0.717) is 48.9 Å². The molecule has 0 atom stereocenters. The summed E-state index contributed by atoms with van der Waals surface area (Å²) >= 11 is 6.17. The summed E-state index contributed by atoms with van der Waals surface area (Å²) in [6.45, 7) is 2.65. The Labute approximate surface area is 160 Å². The number of furan rings is 1. The number of ether oxygens (including phenoxy) is 1. The molecule has 8 nitrogen and oxygen atoms in total. The average Bonchev–Trinajstić information content (AvgIpc) is 3.04. The maximum atomic E-state index is 11.8. The number of rotatable bonds is 3. The molecule has 1 saturated heterocycles. The van der Waals surface area contributed by atoms with Gasteiger partial charge in [-0.25, -0.2) is 9.97 Å². The average molecular weight is 388 g/mol. The SMILES string of the molecule is CN(C)C(=O)/C=C/c1cnc2oc3c(N4CCOCC4)nc(Cl)nc3c2c1. The van der Waals surface area contributed by atoms with Crippen LogP contribution in [0.5, 0.6) is 0 Å². The van der Waals surface area contributed by atoms with Gasteiger partial charge >= 0.3 is 0 Å². The predicted molar refractivity (Wildman–Crippen MR) is 103 cm³/mol. The first kappa shape index (κ1) is 17.7. The van der Waals surface area contributed by atoms with Gasteiger partial charge in [0.05, 0.1) is 18.6 Å². The monoisotopic (exact) mass is 387 g/mol. The van der Waals surface area contributed by atoms with Crippen LogP contribution >= 0.6 is 11.6 Å². The molecule has 0 aliphatic carbocycles. The Bertz CT molecular complexity index is 1040. The van der Waals surface area contributed by atoms with Crippen LogP contribution in [0.15, 0.2) is 22.8 Å². The Balaban J connectivity index is 1.81. The number of likely N-dealkylation sites (N-methyl/N-ethyl adjacent to an activating group) is 1. The second kappa shape index (κ2) is 7.13. The van der Waals surface area contributed by atoms with Crippen LogP contribution in [0.1, 0.15) is 5.56 Å². The van der Waals surface area contributed by atoms with Gasteiger partial charge in [-0.1, -0.05) is 0 Å². The van der Waals surface area contributed by atoms with Gasteiger partial charge in [-0.15, -0.1) is 0 Å². The van der Waals surface area contributed by atoms with Gasteiger partial charge in [0.15, 0.2) is 11.4 Å². The Morgan fingerprint density at radius 2 is 2.07 bits per heavy atom. The number of nitrogens with zero attached hydrogens (tertiary/aromatic N) is 5. The van der Waals surface area contributed by atoms with Gasteiger partial charge in [-0.3, -0.25) is 4.79 Å². The highest BCUT2D eigenvalue weighted by Gasteiger charge is 2.22. The van der Waals surface area contributed by atoms with E-state index in [4.69, 9.17) is 20.8 Å². The van der Waals surface area contributed by atoms with Crippen molar-refractivity contribution in [2.24, 2.45) is 0 Å². The van der Waals surface area contributed by atoms with Gasteiger partial charge in [0, 0.05) is 39.5 Å². The molecule has 0 bridgehead atoms. The van der Waals surface area contributed by atoms with E-state index in [2.05, 4.69) is 19.9 Å². The van der Waals surface area contributed by atoms with Crippen molar-refractivity contribution in [3.8, 4) is 0 Å². The van der Waals surface area contributed by atoms with Crippen molar-refractivity contribution in [2.45, 2.75) is 0 Å². The van der Waals surface area contributed by atoms with Crippen LogP contribution in [0, 0.1) is 0 Å². The van der Waals surface area contributed by atoms with Crippen LogP contribution in [0.25, 0.3) is 28.3 Å². The standard InChI is InChI=1S/C18H18ClN5O3/c1-23(2)13(25)4-3-11-9-12-14-15(27-17(12)20-10-11)16(22-18(19)21-14)24-5-7-26-8-6-24/h3-4,9-10H,5-8H2,1-2H3/b4-3+. The molecule has 1 fully saturated rings. The summed E-state index contributed by atoms with van der Waals surface area (Å²) < 4.78 is 11.3. The molecule has 0 radical (unpaired) electrons. The molecule has 0 N–H and O–H groups in total. The molecule has 4 heterocycles. The molecule has 0 saturated carbocycles.